The summed E-state index contributed by atoms with van der Waals surface area (Å²) in [4.78, 5) is 7.53. The Bertz CT molecular complexity index is 443. The second-order valence-electron chi connectivity index (χ2n) is 4.04. The Morgan fingerprint density at radius 1 is 1.41 bits per heavy atom. The second kappa shape index (κ2) is 5.52. The van der Waals surface area contributed by atoms with Crippen LogP contribution in [0.15, 0.2) is 23.6 Å². The Morgan fingerprint density at radius 2 is 2.29 bits per heavy atom. The average Bonchev–Trinajstić information content (AvgIpc) is 2.39. The van der Waals surface area contributed by atoms with Crippen LogP contribution in [0.1, 0.15) is 19.3 Å². The van der Waals surface area contributed by atoms with E-state index in [4.69, 9.17) is 0 Å². The van der Waals surface area contributed by atoms with E-state index in [2.05, 4.69) is 20.0 Å². The van der Waals surface area contributed by atoms with Crippen molar-refractivity contribution in [1.29, 1.82) is 0 Å². The first-order valence-electron chi connectivity index (χ1n) is 5.67. The number of hydrogen-bond acceptors (Lipinski definition) is 5. The third-order valence-corrected chi connectivity index (χ3v) is 4.06. The number of aromatic nitrogens is 2. The zero-order valence-electron chi connectivity index (χ0n) is 9.46. The first-order chi connectivity index (χ1) is 8.18. The molecular weight excluding hydrogens is 240 g/mol. The van der Waals surface area contributed by atoms with Crippen LogP contribution in [0.3, 0.4) is 0 Å². The first-order valence-corrected chi connectivity index (χ1v) is 7.16. The van der Waals surface area contributed by atoms with Gasteiger partial charge < -0.3 is 5.32 Å². The molecule has 1 atom stereocenters. The standard InChI is InChI=1S/C10H16N4O2S/c15-17(16,10-8-11-5-6-13-10)14-7-9-3-1-2-4-12-9/h5-6,8-9,12,14H,1-4,7H2/t9-/m0/s1. The first kappa shape index (κ1) is 12.4. The van der Waals surface area contributed by atoms with E-state index in [9.17, 15) is 8.42 Å². The summed E-state index contributed by atoms with van der Waals surface area (Å²) in [5, 5.41) is 3.25. The van der Waals surface area contributed by atoms with E-state index < -0.39 is 10.0 Å². The molecule has 1 fully saturated rings. The van der Waals surface area contributed by atoms with Gasteiger partial charge in [0.15, 0.2) is 5.03 Å². The highest BCUT2D eigenvalue weighted by atomic mass is 32.2. The molecule has 7 heteroatoms. The second-order valence-corrected chi connectivity index (χ2v) is 5.76. The molecule has 2 rings (SSSR count). The summed E-state index contributed by atoms with van der Waals surface area (Å²) in [5.74, 6) is 0. The minimum atomic E-state index is -3.52. The van der Waals surface area contributed by atoms with Crippen LogP contribution < -0.4 is 10.0 Å². The van der Waals surface area contributed by atoms with Gasteiger partial charge in [-0.25, -0.2) is 18.1 Å². The zero-order valence-corrected chi connectivity index (χ0v) is 10.3. The molecule has 2 N–H and O–H groups in total. The van der Waals surface area contributed by atoms with Crippen LogP contribution in [-0.2, 0) is 10.0 Å². The van der Waals surface area contributed by atoms with Gasteiger partial charge in [0.1, 0.15) is 0 Å². The largest absolute Gasteiger partial charge is 0.313 e. The maximum absolute atomic E-state index is 11.8. The molecule has 1 saturated heterocycles. The maximum Gasteiger partial charge on any atom is 0.259 e. The third kappa shape index (κ3) is 3.45. The van der Waals surface area contributed by atoms with Crippen LogP contribution in [0.2, 0.25) is 0 Å². The van der Waals surface area contributed by atoms with E-state index in [1.54, 1.807) is 0 Å². The van der Waals surface area contributed by atoms with E-state index in [1.807, 2.05) is 0 Å². The molecule has 6 nitrogen and oxygen atoms in total. The van der Waals surface area contributed by atoms with Gasteiger partial charge in [0.05, 0.1) is 6.20 Å². The summed E-state index contributed by atoms with van der Waals surface area (Å²) >= 11 is 0. The lowest BCUT2D eigenvalue weighted by molar-refractivity contribution is 0.398. The Labute approximate surface area is 101 Å². The monoisotopic (exact) mass is 256 g/mol. The molecule has 1 aromatic rings. The fraction of sp³-hybridized carbons (Fsp3) is 0.600. The number of rotatable bonds is 4. The number of hydrogen-bond donors (Lipinski definition) is 2. The van der Waals surface area contributed by atoms with Crippen LogP contribution in [-0.4, -0.2) is 37.5 Å². The van der Waals surface area contributed by atoms with Crippen LogP contribution >= 0.6 is 0 Å². The van der Waals surface area contributed by atoms with Crippen molar-refractivity contribution in [2.24, 2.45) is 0 Å². The van der Waals surface area contributed by atoms with Crippen molar-refractivity contribution in [1.82, 2.24) is 20.0 Å². The summed E-state index contributed by atoms with van der Waals surface area (Å²) < 4.78 is 26.2. The number of sulfonamides is 1. The van der Waals surface area contributed by atoms with Crippen LogP contribution in [0.5, 0.6) is 0 Å². The van der Waals surface area contributed by atoms with Gasteiger partial charge in [-0.05, 0) is 19.4 Å². The van der Waals surface area contributed by atoms with Gasteiger partial charge in [0.2, 0.25) is 0 Å². The Kier molecular flexibility index (Phi) is 4.03. The van der Waals surface area contributed by atoms with Gasteiger partial charge in [0, 0.05) is 25.0 Å². The third-order valence-electron chi connectivity index (χ3n) is 2.75. The predicted octanol–water partition coefficient (Wildman–Crippen LogP) is -0.103. The minimum Gasteiger partial charge on any atom is -0.313 e. The molecule has 1 aromatic heterocycles. The van der Waals surface area contributed by atoms with Gasteiger partial charge in [-0.1, -0.05) is 6.42 Å². The summed E-state index contributed by atoms with van der Waals surface area (Å²) in [6.07, 6.45) is 7.37. The van der Waals surface area contributed by atoms with E-state index in [0.717, 1.165) is 25.8 Å². The lowest BCUT2D eigenvalue weighted by atomic mass is 10.1. The van der Waals surface area contributed by atoms with E-state index in [1.165, 1.54) is 18.6 Å². The molecule has 0 unspecified atom stereocenters. The van der Waals surface area contributed by atoms with Crippen molar-refractivity contribution in [3.8, 4) is 0 Å². The van der Waals surface area contributed by atoms with Crippen LogP contribution in [0, 0.1) is 0 Å². The van der Waals surface area contributed by atoms with Crippen molar-refractivity contribution >= 4 is 10.0 Å². The van der Waals surface area contributed by atoms with Crippen molar-refractivity contribution in [3.05, 3.63) is 18.6 Å². The van der Waals surface area contributed by atoms with Gasteiger partial charge >= 0.3 is 0 Å². The zero-order chi connectivity index (χ0) is 12.1. The maximum atomic E-state index is 11.8. The molecule has 0 spiro atoms. The van der Waals surface area contributed by atoms with Crippen LogP contribution in [0.4, 0.5) is 0 Å². The van der Waals surface area contributed by atoms with Gasteiger partial charge in [-0.15, -0.1) is 0 Å². The number of nitrogens with zero attached hydrogens (tertiary/aromatic N) is 2. The number of piperidine rings is 1. The molecule has 0 amide bonds. The SMILES string of the molecule is O=S(=O)(NC[C@@H]1CCCCN1)c1cnccn1. The molecule has 0 aromatic carbocycles. The summed E-state index contributed by atoms with van der Waals surface area (Å²) in [5.41, 5.74) is 0. The minimum absolute atomic E-state index is 0.0317. The molecule has 1 aliphatic rings. The number of nitrogens with one attached hydrogen (secondary N) is 2. The molecule has 2 heterocycles. The van der Waals surface area contributed by atoms with Gasteiger partial charge in [-0.3, -0.25) is 4.98 Å². The van der Waals surface area contributed by atoms with Gasteiger partial charge in [0.25, 0.3) is 10.0 Å². The normalized spacial score (nSPS) is 21.3. The quantitative estimate of drug-likeness (QED) is 0.785. The molecule has 1 aliphatic heterocycles. The summed E-state index contributed by atoms with van der Waals surface area (Å²) in [7, 11) is -3.52. The molecule has 0 saturated carbocycles. The summed E-state index contributed by atoms with van der Waals surface area (Å²) in [6, 6.07) is 0.218. The molecule has 0 aliphatic carbocycles. The highest BCUT2D eigenvalue weighted by Crippen LogP contribution is 2.07. The van der Waals surface area contributed by atoms with E-state index >= 15 is 0 Å². The Hall–Kier alpha value is -1.05. The van der Waals surface area contributed by atoms with E-state index in [-0.39, 0.29) is 11.1 Å². The predicted molar refractivity (Wildman–Crippen MR) is 62.9 cm³/mol. The Morgan fingerprint density at radius 3 is 2.94 bits per heavy atom. The molecule has 0 bridgehead atoms. The van der Waals surface area contributed by atoms with Crippen LogP contribution in [0.25, 0.3) is 0 Å². The smallest absolute Gasteiger partial charge is 0.259 e. The highest BCUT2D eigenvalue weighted by molar-refractivity contribution is 7.89. The Balaban J connectivity index is 1.94. The van der Waals surface area contributed by atoms with Crippen molar-refractivity contribution in [2.75, 3.05) is 13.1 Å². The lowest BCUT2D eigenvalue weighted by Crippen LogP contribution is -2.43. The molecule has 0 radical (unpaired) electrons. The lowest BCUT2D eigenvalue weighted by Gasteiger charge is -2.23. The molecular formula is C10H16N4O2S. The topological polar surface area (TPSA) is 84.0 Å². The summed E-state index contributed by atoms with van der Waals surface area (Å²) in [6.45, 7) is 1.36. The fourth-order valence-corrected chi connectivity index (χ4v) is 2.77. The van der Waals surface area contributed by atoms with E-state index in [0.29, 0.717) is 6.54 Å². The van der Waals surface area contributed by atoms with Crippen molar-refractivity contribution in [3.63, 3.8) is 0 Å². The molecule has 17 heavy (non-hydrogen) atoms. The average molecular weight is 256 g/mol. The molecule has 94 valence electrons. The van der Waals surface area contributed by atoms with Gasteiger partial charge in [-0.2, -0.15) is 0 Å². The fourth-order valence-electron chi connectivity index (χ4n) is 1.81. The van der Waals surface area contributed by atoms with Crippen molar-refractivity contribution in [2.45, 2.75) is 30.3 Å². The van der Waals surface area contributed by atoms with Crippen molar-refractivity contribution < 1.29 is 8.42 Å². The highest BCUT2D eigenvalue weighted by Gasteiger charge is 2.19.